The Bertz CT molecular complexity index is 924. The lowest BCUT2D eigenvalue weighted by Gasteiger charge is -2.25. The molecule has 2 N–H and O–H groups in total. The standard InChI is InChI=1S/C14H17NO3.C13H17NO/c16-8-13-12-6-11(12)7-15(13)14(17)18-9-10-4-2-1-3-5-10;15-9-13-12-6-11(12)8-14(13)7-10-4-2-1-3-5-10/h1-5,11-13,16H,6-9H2;1-5,11-13,15H,6-9H2/t2*11?,12-,13+/m00/s1. The molecule has 176 valence electrons. The molecular weight excluding hydrogens is 416 g/mol. The second-order valence-electron chi connectivity index (χ2n) is 9.93. The Hall–Kier alpha value is -2.41. The highest BCUT2D eigenvalue weighted by molar-refractivity contribution is 5.69. The number of fused-ring (bicyclic) bond motifs is 2. The van der Waals surface area contributed by atoms with Gasteiger partial charge in [0.15, 0.2) is 0 Å². The fraction of sp³-hybridized carbons (Fsp3) is 0.519. The summed E-state index contributed by atoms with van der Waals surface area (Å²) in [7, 11) is 0. The van der Waals surface area contributed by atoms with E-state index >= 15 is 0 Å². The van der Waals surface area contributed by atoms with Gasteiger partial charge in [0.1, 0.15) is 6.61 Å². The maximum atomic E-state index is 11.9. The van der Waals surface area contributed by atoms with Crippen molar-refractivity contribution >= 4 is 6.09 Å². The molecule has 33 heavy (non-hydrogen) atoms. The lowest BCUT2D eigenvalue weighted by Crippen LogP contribution is -2.40. The van der Waals surface area contributed by atoms with Crippen LogP contribution in [0, 0.1) is 23.7 Å². The van der Waals surface area contributed by atoms with Crippen LogP contribution in [-0.2, 0) is 17.9 Å². The van der Waals surface area contributed by atoms with Gasteiger partial charge in [-0.15, -0.1) is 0 Å². The number of aliphatic hydroxyl groups excluding tert-OH is 2. The molecular formula is C27H34N2O4. The van der Waals surface area contributed by atoms with E-state index in [1.807, 2.05) is 30.3 Å². The van der Waals surface area contributed by atoms with Crippen molar-refractivity contribution < 1.29 is 19.7 Å². The molecule has 2 aromatic carbocycles. The summed E-state index contributed by atoms with van der Waals surface area (Å²) in [5.74, 6) is 2.76. The number of benzene rings is 2. The van der Waals surface area contributed by atoms with E-state index in [4.69, 9.17) is 4.74 Å². The van der Waals surface area contributed by atoms with Crippen molar-refractivity contribution in [1.82, 2.24) is 9.80 Å². The molecule has 6 nitrogen and oxygen atoms in total. The van der Waals surface area contributed by atoms with Gasteiger partial charge in [0.25, 0.3) is 0 Å². The van der Waals surface area contributed by atoms with Gasteiger partial charge in [0, 0.05) is 25.7 Å². The number of ether oxygens (including phenoxy) is 1. The molecule has 6 rings (SSSR count). The number of likely N-dealkylation sites (tertiary alicyclic amines) is 2. The SMILES string of the molecule is O=C(OCc1ccccc1)N1CC2C[C@@H]2[C@H]1CO.OC[C@@H]1[C@H]2CC2CN1Cc1ccccc1. The van der Waals surface area contributed by atoms with Gasteiger partial charge in [-0.25, -0.2) is 4.79 Å². The zero-order chi connectivity index (χ0) is 22.8. The molecule has 2 saturated carbocycles. The second kappa shape index (κ2) is 9.84. The van der Waals surface area contributed by atoms with E-state index in [2.05, 4.69) is 35.2 Å². The third-order valence-electron chi connectivity index (χ3n) is 7.75. The highest BCUT2D eigenvalue weighted by Crippen LogP contribution is 2.50. The Kier molecular flexibility index (Phi) is 6.67. The predicted molar refractivity (Wildman–Crippen MR) is 125 cm³/mol. The van der Waals surface area contributed by atoms with Gasteiger partial charge in [0.05, 0.1) is 19.3 Å². The zero-order valence-corrected chi connectivity index (χ0v) is 19.0. The quantitative estimate of drug-likeness (QED) is 0.708. The minimum atomic E-state index is -0.301. The topological polar surface area (TPSA) is 73.2 Å². The first kappa shape index (κ1) is 22.4. The molecule has 1 amide bonds. The molecule has 0 aromatic heterocycles. The van der Waals surface area contributed by atoms with Crippen molar-refractivity contribution in [2.45, 2.75) is 38.1 Å². The molecule has 2 aromatic rings. The molecule has 2 heterocycles. The Morgan fingerprint density at radius 3 is 2.03 bits per heavy atom. The predicted octanol–water partition coefficient (Wildman–Crippen LogP) is 3.14. The molecule has 4 fully saturated rings. The van der Waals surface area contributed by atoms with Gasteiger partial charge in [-0.2, -0.15) is 0 Å². The van der Waals surface area contributed by atoms with Crippen LogP contribution in [0.25, 0.3) is 0 Å². The average Bonchev–Trinajstić information content (AvgIpc) is 3.74. The van der Waals surface area contributed by atoms with Crippen LogP contribution >= 0.6 is 0 Å². The fourth-order valence-corrected chi connectivity index (χ4v) is 5.73. The smallest absolute Gasteiger partial charge is 0.410 e. The highest BCUT2D eigenvalue weighted by atomic mass is 16.6. The van der Waals surface area contributed by atoms with Crippen LogP contribution < -0.4 is 0 Å². The van der Waals surface area contributed by atoms with Gasteiger partial charge in [0.2, 0.25) is 0 Å². The molecule has 0 bridgehead atoms. The minimum absolute atomic E-state index is 0.0294. The molecule has 2 aliphatic heterocycles. The summed E-state index contributed by atoms with van der Waals surface area (Å²) in [5.41, 5.74) is 2.34. The van der Waals surface area contributed by atoms with Crippen molar-refractivity contribution in [2.75, 3.05) is 26.3 Å². The van der Waals surface area contributed by atoms with E-state index in [1.165, 1.54) is 18.5 Å². The number of nitrogens with zero attached hydrogens (tertiary/aromatic N) is 2. The molecule has 6 atom stereocenters. The number of hydrogen-bond acceptors (Lipinski definition) is 5. The Morgan fingerprint density at radius 2 is 1.39 bits per heavy atom. The van der Waals surface area contributed by atoms with Crippen molar-refractivity contribution in [1.29, 1.82) is 0 Å². The Labute approximate surface area is 195 Å². The van der Waals surface area contributed by atoms with Crippen LogP contribution in [0.1, 0.15) is 24.0 Å². The van der Waals surface area contributed by atoms with Gasteiger partial charge in [-0.05, 0) is 47.6 Å². The maximum absolute atomic E-state index is 11.9. The normalized spacial score (nSPS) is 31.3. The van der Waals surface area contributed by atoms with E-state index in [1.54, 1.807) is 4.90 Å². The molecule has 4 aliphatic rings. The van der Waals surface area contributed by atoms with E-state index < -0.39 is 0 Å². The van der Waals surface area contributed by atoms with E-state index in [9.17, 15) is 15.0 Å². The average molecular weight is 451 g/mol. The van der Waals surface area contributed by atoms with Crippen molar-refractivity contribution in [3.05, 3.63) is 71.8 Å². The molecule has 0 radical (unpaired) electrons. The second-order valence-corrected chi connectivity index (χ2v) is 9.93. The van der Waals surface area contributed by atoms with Gasteiger partial charge in [-0.3, -0.25) is 4.90 Å². The number of rotatable bonds is 6. The van der Waals surface area contributed by atoms with Crippen LogP contribution in [0.2, 0.25) is 0 Å². The van der Waals surface area contributed by atoms with Crippen LogP contribution in [0.5, 0.6) is 0 Å². The lowest BCUT2D eigenvalue weighted by molar-refractivity contribution is 0.0713. The van der Waals surface area contributed by atoms with Crippen molar-refractivity contribution in [2.24, 2.45) is 23.7 Å². The number of carbonyl (C=O) groups is 1. The lowest BCUT2D eigenvalue weighted by atomic mass is 10.1. The van der Waals surface area contributed by atoms with E-state index in [0.29, 0.717) is 31.1 Å². The monoisotopic (exact) mass is 450 g/mol. The molecule has 2 saturated heterocycles. The largest absolute Gasteiger partial charge is 0.445 e. The zero-order valence-electron chi connectivity index (χ0n) is 19.0. The number of aliphatic hydroxyl groups is 2. The van der Waals surface area contributed by atoms with E-state index in [0.717, 1.165) is 36.9 Å². The summed E-state index contributed by atoms with van der Waals surface area (Å²) in [5, 5.41) is 18.7. The Morgan fingerprint density at radius 1 is 0.818 bits per heavy atom. The summed E-state index contributed by atoms with van der Waals surface area (Å²) in [6.07, 6.45) is 2.19. The van der Waals surface area contributed by atoms with Crippen LogP contribution in [0.15, 0.2) is 60.7 Å². The number of amides is 1. The molecule has 0 spiro atoms. The van der Waals surface area contributed by atoms with Gasteiger partial charge in [-0.1, -0.05) is 60.7 Å². The van der Waals surface area contributed by atoms with Gasteiger partial charge >= 0.3 is 6.09 Å². The van der Waals surface area contributed by atoms with E-state index in [-0.39, 0.29) is 18.7 Å². The Balaban J connectivity index is 0.000000140. The van der Waals surface area contributed by atoms with Crippen LogP contribution in [0.4, 0.5) is 4.79 Å². The van der Waals surface area contributed by atoms with Crippen LogP contribution in [-0.4, -0.2) is 64.5 Å². The molecule has 2 aliphatic carbocycles. The number of piperidine rings is 2. The van der Waals surface area contributed by atoms with Gasteiger partial charge < -0.3 is 19.8 Å². The molecule has 2 unspecified atom stereocenters. The number of carbonyl (C=O) groups excluding carboxylic acids is 1. The maximum Gasteiger partial charge on any atom is 0.410 e. The number of hydrogen-bond donors (Lipinski definition) is 2. The first-order valence-corrected chi connectivity index (χ1v) is 12.1. The van der Waals surface area contributed by atoms with Crippen LogP contribution in [0.3, 0.4) is 0 Å². The molecule has 6 heteroatoms. The van der Waals surface area contributed by atoms with Crippen molar-refractivity contribution in [3.8, 4) is 0 Å². The fourth-order valence-electron chi connectivity index (χ4n) is 5.73. The first-order chi connectivity index (χ1) is 16.2. The summed E-state index contributed by atoms with van der Waals surface area (Å²) in [4.78, 5) is 16.1. The summed E-state index contributed by atoms with van der Waals surface area (Å²) >= 11 is 0. The minimum Gasteiger partial charge on any atom is -0.445 e. The van der Waals surface area contributed by atoms with Crippen molar-refractivity contribution in [3.63, 3.8) is 0 Å². The highest BCUT2D eigenvalue weighted by Gasteiger charge is 2.54. The third-order valence-corrected chi connectivity index (χ3v) is 7.75. The first-order valence-electron chi connectivity index (χ1n) is 12.1. The summed E-state index contributed by atoms with van der Waals surface area (Å²) in [6.45, 7) is 3.59. The summed E-state index contributed by atoms with van der Waals surface area (Å²) in [6, 6.07) is 20.6. The summed E-state index contributed by atoms with van der Waals surface area (Å²) < 4.78 is 5.29. The third kappa shape index (κ3) is 5.08.